The van der Waals surface area contributed by atoms with Gasteiger partial charge in [0.1, 0.15) is 12.4 Å². The van der Waals surface area contributed by atoms with Gasteiger partial charge in [0.2, 0.25) is 0 Å². The lowest BCUT2D eigenvalue weighted by molar-refractivity contribution is 0.0284. The molecule has 1 aromatic carbocycles. The van der Waals surface area contributed by atoms with Gasteiger partial charge in [-0.2, -0.15) is 0 Å². The minimum absolute atomic E-state index is 0.279. The lowest BCUT2D eigenvalue weighted by Crippen LogP contribution is -2.10. The third-order valence-corrected chi connectivity index (χ3v) is 4.03. The predicted molar refractivity (Wildman–Crippen MR) is 77.4 cm³/mol. The maximum absolute atomic E-state index is 12.1. The van der Waals surface area contributed by atoms with E-state index < -0.39 is 0 Å². The monoisotopic (exact) mass is 332 g/mol. The van der Waals surface area contributed by atoms with E-state index in [2.05, 4.69) is 32.8 Å². The van der Waals surface area contributed by atoms with Crippen LogP contribution < -0.4 is 0 Å². The lowest BCUT2D eigenvalue weighted by atomic mass is 10.1. The van der Waals surface area contributed by atoms with Crippen LogP contribution in [-0.4, -0.2) is 15.9 Å². The topological polar surface area (TPSA) is 52.1 Å². The summed E-state index contributed by atoms with van der Waals surface area (Å²) in [6.45, 7) is 2.09. The number of hydrogen-bond acceptors (Lipinski definition) is 4. The van der Waals surface area contributed by atoms with E-state index in [0.29, 0.717) is 11.5 Å². The second-order valence-electron chi connectivity index (χ2n) is 4.90. The highest BCUT2D eigenvalue weighted by atomic mass is 79.9. The first-order valence-electron chi connectivity index (χ1n) is 6.41. The zero-order valence-electron chi connectivity index (χ0n) is 10.9. The Kier molecular flexibility index (Phi) is 3.53. The Morgan fingerprint density at radius 2 is 2.10 bits per heavy atom. The van der Waals surface area contributed by atoms with Crippen molar-refractivity contribution in [3.05, 3.63) is 58.1 Å². The van der Waals surface area contributed by atoms with Crippen LogP contribution in [0.5, 0.6) is 0 Å². The van der Waals surface area contributed by atoms with Crippen LogP contribution in [0.2, 0.25) is 0 Å². The maximum atomic E-state index is 12.1. The third kappa shape index (κ3) is 2.45. The number of ether oxygens (including phenoxy) is 1. The second kappa shape index (κ2) is 5.32. The molecule has 1 aromatic heterocycles. The van der Waals surface area contributed by atoms with Crippen molar-refractivity contribution in [3.63, 3.8) is 0 Å². The van der Waals surface area contributed by atoms with Gasteiger partial charge in [0.25, 0.3) is 0 Å². The molecule has 1 aliphatic carbocycles. The molecule has 0 saturated carbocycles. The number of hydrogen-bond donors (Lipinski definition) is 0. The summed E-state index contributed by atoms with van der Waals surface area (Å²) in [5.74, 6) is -0.00456. The SMILES string of the molecule is C[C@@H]1C[C@H](OC(=O)c2ccc(Br)cc2)c2ncncc21. The van der Waals surface area contributed by atoms with Crippen molar-refractivity contribution in [1.29, 1.82) is 0 Å². The van der Waals surface area contributed by atoms with Gasteiger partial charge in [0.15, 0.2) is 0 Å². The number of carbonyl (C=O) groups excluding carboxylic acids is 1. The molecule has 2 aromatic rings. The van der Waals surface area contributed by atoms with Gasteiger partial charge in [-0.05, 0) is 42.2 Å². The van der Waals surface area contributed by atoms with Crippen molar-refractivity contribution >= 4 is 21.9 Å². The van der Waals surface area contributed by atoms with Crippen molar-refractivity contribution < 1.29 is 9.53 Å². The molecule has 20 heavy (non-hydrogen) atoms. The molecule has 102 valence electrons. The van der Waals surface area contributed by atoms with Crippen LogP contribution >= 0.6 is 15.9 Å². The van der Waals surface area contributed by atoms with Gasteiger partial charge in [0, 0.05) is 10.7 Å². The average Bonchev–Trinajstić information content (AvgIpc) is 2.77. The van der Waals surface area contributed by atoms with Crippen LogP contribution in [0.15, 0.2) is 41.3 Å². The van der Waals surface area contributed by atoms with Crippen LogP contribution in [0.1, 0.15) is 47.0 Å². The van der Waals surface area contributed by atoms with Crippen molar-refractivity contribution in [3.8, 4) is 0 Å². The Morgan fingerprint density at radius 3 is 2.85 bits per heavy atom. The molecule has 0 unspecified atom stereocenters. The van der Waals surface area contributed by atoms with E-state index in [0.717, 1.165) is 22.2 Å². The Hall–Kier alpha value is -1.75. The Balaban J connectivity index is 1.79. The van der Waals surface area contributed by atoms with Gasteiger partial charge in [-0.1, -0.05) is 22.9 Å². The van der Waals surface area contributed by atoms with Gasteiger partial charge >= 0.3 is 5.97 Å². The number of fused-ring (bicyclic) bond motifs is 1. The fourth-order valence-corrected chi connectivity index (χ4v) is 2.71. The standard InChI is InChI=1S/C15H13BrN2O2/c1-9-6-13(14-12(9)7-17-8-18-14)20-15(19)10-2-4-11(16)5-3-10/h2-5,7-9,13H,6H2,1H3/t9-,13+/m1/s1. The molecule has 0 aliphatic heterocycles. The van der Waals surface area contributed by atoms with Crippen LogP contribution in [0.4, 0.5) is 0 Å². The molecule has 4 nitrogen and oxygen atoms in total. The van der Waals surface area contributed by atoms with Gasteiger partial charge in [-0.3, -0.25) is 0 Å². The van der Waals surface area contributed by atoms with Crippen molar-refractivity contribution in [2.75, 3.05) is 0 Å². The number of esters is 1. The van der Waals surface area contributed by atoms with E-state index in [9.17, 15) is 4.79 Å². The van der Waals surface area contributed by atoms with Crippen molar-refractivity contribution in [2.24, 2.45) is 0 Å². The molecule has 0 N–H and O–H groups in total. The summed E-state index contributed by atoms with van der Waals surface area (Å²) in [6, 6.07) is 7.13. The minimum atomic E-state index is -0.318. The second-order valence-corrected chi connectivity index (χ2v) is 5.82. The fourth-order valence-electron chi connectivity index (χ4n) is 2.45. The molecule has 5 heteroatoms. The zero-order chi connectivity index (χ0) is 14.1. The molecule has 0 spiro atoms. The van der Waals surface area contributed by atoms with Crippen LogP contribution in [-0.2, 0) is 4.74 Å². The van der Waals surface area contributed by atoms with Gasteiger partial charge in [0.05, 0.1) is 11.3 Å². The van der Waals surface area contributed by atoms with Crippen LogP contribution in [0.25, 0.3) is 0 Å². The summed E-state index contributed by atoms with van der Waals surface area (Å²) >= 11 is 3.34. The Bertz CT molecular complexity index is 643. The van der Waals surface area contributed by atoms with E-state index in [1.165, 1.54) is 6.33 Å². The van der Waals surface area contributed by atoms with Gasteiger partial charge in [-0.25, -0.2) is 14.8 Å². The average molecular weight is 333 g/mol. The number of carbonyl (C=O) groups is 1. The highest BCUT2D eigenvalue weighted by Crippen LogP contribution is 2.40. The summed E-state index contributed by atoms with van der Waals surface area (Å²) in [7, 11) is 0. The third-order valence-electron chi connectivity index (χ3n) is 3.51. The number of nitrogens with zero attached hydrogens (tertiary/aromatic N) is 2. The summed E-state index contributed by atoms with van der Waals surface area (Å²) in [4.78, 5) is 20.4. The number of rotatable bonds is 2. The normalized spacial score (nSPS) is 20.5. The van der Waals surface area contributed by atoms with Crippen LogP contribution in [0.3, 0.4) is 0 Å². The van der Waals surface area contributed by atoms with Crippen LogP contribution in [0, 0.1) is 0 Å². The highest BCUT2D eigenvalue weighted by molar-refractivity contribution is 9.10. The van der Waals surface area contributed by atoms with E-state index in [1.807, 2.05) is 12.1 Å². The highest BCUT2D eigenvalue weighted by Gasteiger charge is 2.32. The number of benzene rings is 1. The molecule has 0 saturated heterocycles. The van der Waals surface area contributed by atoms with E-state index in [-0.39, 0.29) is 12.1 Å². The Morgan fingerprint density at radius 1 is 1.35 bits per heavy atom. The summed E-state index contributed by atoms with van der Waals surface area (Å²) in [5, 5.41) is 0. The van der Waals surface area contributed by atoms with Gasteiger partial charge < -0.3 is 4.74 Å². The molecule has 0 radical (unpaired) electrons. The van der Waals surface area contributed by atoms with Crippen molar-refractivity contribution in [1.82, 2.24) is 9.97 Å². The fraction of sp³-hybridized carbons (Fsp3) is 0.267. The first kappa shape index (κ1) is 13.2. The summed E-state index contributed by atoms with van der Waals surface area (Å²) in [6.07, 6.45) is 3.79. The molecular weight excluding hydrogens is 320 g/mol. The van der Waals surface area contributed by atoms with E-state index in [1.54, 1.807) is 18.3 Å². The summed E-state index contributed by atoms with van der Waals surface area (Å²) in [5.41, 5.74) is 2.45. The molecule has 3 rings (SSSR count). The minimum Gasteiger partial charge on any atom is -0.452 e. The Labute approximate surface area is 125 Å². The number of halogens is 1. The molecular formula is C15H13BrN2O2. The summed E-state index contributed by atoms with van der Waals surface area (Å²) < 4.78 is 6.52. The lowest BCUT2D eigenvalue weighted by Gasteiger charge is -2.12. The maximum Gasteiger partial charge on any atom is 0.338 e. The van der Waals surface area contributed by atoms with Gasteiger partial charge in [-0.15, -0.1) is 0 Å². The molecule has 1 heterocycles. The molecule has 1 aliphatic rings. The molecule has 0 bridgehead atoms. The first-order chi connectivity index (χ1) is 9.65. The van der Waals surface area contributed by atoms with E-state index in [4.69, 9.17) is 4.74 Å². The van der Waals surface area contributed by atoms with Crippen molar-refractivity contribution in [2.45, 2.75) is 25.4 Å². The predicted octanol–water partition coefficient (Wildman–Crippen LogP) is 3.64. The number of aromatic nitrogens is 2. The quantitative estimate of drug-likeness (QED) is 0.788. The van der Waals surface area contributed by atoms with E-state index >= 15 is 0 Å². The molecule has 0 fully saturated rings. The largest absolute Gasteiger partial charge is 0.452 e. The molecule has 0 amide bonds. The first-order valence-corrected chi connectivity index (χ1v) is 7.21. The smallest absolute Gasteiger partial charge is 0.338 e. The zero-order valence-corrected chi connectivity index (χ0v) is 12.5. The molecule has 2 atom stereocenters.